The molecule has 1 fully saturated rings. The van der Waals surface area contributed by atoms with Crippen LogP contribution in [-0.2, 0) is 22.6 Å². The highest BCUT2D eigenvalue weighted by Crippen LogP contribution is 2.24. The molecule has 2 aromatic carbocycles. The molecule has 0 aromatic heterocycles. The lowest BCUT2D eigenvalue weighted by Crippen LogP contribution is -2.52. The van der Waals surface area contributed by atoms with E-state index in [1.54, 1.807) is 29.2 Å². The Balaban J connectivity index is 1.81. The summed E-state index contributed by atoms with van der Waals surface area (Å²) in [7, 11) is 0. The van der Waals surface area contributed by atoms with Crippen LogP contribution in [-0.4, -0.2) is 70.0 Å². The molecule has 0 spiro atoms. The molecule has 2 aromatic rings. The monoisotopic (exact) mass is 499 g/mol. The average Bonchev–Trinajstić information content (AvgIpc) is 3.12. The zero-order valence-corrected chi connectivity index (χ0v) is 20.6. The first-order valence-corrected chi connectivity index (χ1v) is 11.8. The van der Waals surface area contributed by atoms with Crippen molar-refractivity contribution in [2.45, 2.75) is 43.2 Å². The summed E-state index contributed by atoms with van der Waals surface area (Å²) in [6.45, 7) is 6.22. The van der Waals surface area contributed by atoms with Gasteiger partial charge in [0.25, 0.3) is 0 Å². The zero-order valence-electron chi connectivity index (χ0n) is 19.7. The van der Waals surface area contributed by atoms with Crippen LogP contribution in [0.1, 0.15) is 18.1 Å². The van der Waals surface area contributed by atoms with Crippen LogP contribution in [0.5, 0.6) is 0 Å². The van der Waals surface area contributed by atoms with E-state index in [4.69, 9.17) is 10.8 Å². The van der Waals surface area contributed by atoms with Crippen molar-refractivity contribution in [3.63, 3.8) is 0 Å². The number of rotatable bonds is 11. The van der Waals surface area contributed by atoms with Crippen molar-refractivity contribution >= 4 is 35.8 Å². The summed E-state index contributed by atoms with van der Waals surface area (Å²) in [5.74, 6) is -0.409. The molecule has 1 saturated heterocycles. The lowest BCUT2D eigenvalue weighted by molar-refractivity contribution is -0.138. The second kappa shape index (κ2) is 12.1. The van der Waals surface area contributed by atoms with E-state index in [9.17, 15) is 14.7 Å². The van der Waals surface area contributed by atoms with Gasteiger partial charge in [0.05, 0.1) is 19.3 Å². The maximum atomic E-state index is 13.4. The van der Waals surface area contributed by atoms with E-state index in [0.717, 1.165) is 11.1 Å². The molecule has 0 radical (unpaired) electrons. The molecule has 10 heteroatoms. The van der Waals surface area contributed by atoms with Crippen molar-refractivity contribution in [3.05, 3.63) is 66.2 Å². The fourth-order valence-electron chi connectivity index (χ4n) is 4.16. The van der Waals surface area contributed by atoms with Gasteiger partial charge in [0, 0.05) is 35.8 Å². The number of aliphatic hydroxyl groups is 2. The zero-order chi connectivity index (χ0) is 25.5. The van der Waals surface area contributed by atoms with Crippen LogP contribution in [0.3, 0.4) is 0 Å². The number of anilines is 2. The predicted molar refractivity (Wildman–Crippen MR) is 139 cm³/mol. The van der Waals surface area contributed by atoms with Gasteiger partial charge in [0.2, 0.25) is 11.8 Å². The Morgan fingerprint density at radius 3 is 2.69 bits per heavy atom. The van der Waals surface area contributed by atoms with Gasteiger partial charge in [-0.25, -0.2) is 0 Å². The highest BCUT2D eigenvalue weighted by molar-refractivity contribution is 7.80. The molecule has 1 heterocycles. The minimum absolute atomic E-state index is 0.124. The fraction of sp³-hybridized carbons (Fsp3) is 0.360. The van der Waals surface area contributed by atoms with E-state index in [-0.39, 0.29) is 31.1 Å². The van der Waals surface area contributed by atoms with Crippen LogP contribution in [0.15, 0.2) is 60.0 Å². The van der Waals surface area contributed by atoms with Gasteiger partial charge in [0.1, 0.15) is 12.3 Å². The summed E-state index contributed by atoms with van der Waals surface area (Å²) in [5, 5.41) is 24.3. The molecular formula is C25H33N5O4S. The van der Waals surface area contributed by atoms with Gasteiger partial charge in [-0.2, -0.15) is 0 Å². The Morgan fingerprint density at radius 2 is 2.03 bits per heavy atom. The highest BCUT2D eigenvalue weighted by atomic mass is 32.1. The second-order valence-corrected chi connectivity index (χ2v) is 8.96. The van der Waals surface area contributed by atoms with E-state index in [1.807, 2.05) is 36.1 Å². The number of amides is 2. The third-order valence-electron chi connectivity index (χ3n) is 6.08. The van der Waals surface area contributed by atoms with Gasteiger partial charge in [-0.05, 0) is 36.2 Å². The Morgan fingerprint density at radius 1 is 1.31 bits per heavy atom. The molecule has 6 N–H and O–H groups in total. The van der Waals surface area contributed by atoms with Crippen molar-refractivity contribution in [3.8, 4) is 0 Å². The number of aliphatic hydroxyl groups excluding tert-OH is 2. The Bertz CT molecular complexity index is 1050. The number of hydrogen-bond donors (Lipinski definition) is 6. The molecule has 3 rings (SSSR count). The fourth-order valence-corrected chi connectivity index (χ4v) is 4.39. The molecule has 1 aliphatic rings. The third-order valence-corrected chi connectivity index (χ3v) is 6.47. The molecule has 0 bridgehead atoms. The summed E-state index contributed by atoms with van der Waals surface area (Å²) in [6, 6.07) is 11.8. The number of nitrogens with zero attached hydrogens (tertiary/aromatic N) is 2. The Labute approximate surface area is 211 Å². The lowest BCUT2D eigenvalue weighted by Gasteiger charge is -2.33. The molecule has 0 saturated carbocycles. The van der Waals surface area contributed by atoms with Crippen LogP contribution >= 0.6 is 12.6 Å². The molecule has 188 valence electrons. The first-order chi connectivity index (χ1) is 16.7. The van der Waals surface area contributed by atoms with E-state index in [1.165, 1.54) is 0 Å². The van der Waals surface area contributed by atoms with Gasteiger partial charge < -0.3 is 31.5 Å². The van der Waals surface area contributed by atoms with Gasteiger partial charge in [-0.15, -0.1) is 19.2 Å². The van der Waals surface area contributed by atoms with Crippen LogP contribution < -0.4 is 16.4 Å². The molecular weight excluding hydrogens is 466 g/mol. The standard InChI is InChI=1S/C25H33N5O4S/c1-3-11-29-14-23(33)30(16(29)2)20(12-17-7-9-19(10-8-17)28-22(32)15-31)25(34)27-13-18-5-4-6-21(35)24(18)26/h3-10,16,20,22,28,31-32,35H,1,11-15,26H2,2H3,(H,27,34)/t16-,20+,22?/m1/s1. The third kappa shape index (κ3) is 6.55. The smallest absolute Gasteiger partial charge is 0.243 e. The van der Waals surface area contributed by atoms with Gasteiger partial charge in [-0.1, -0.05) is 30.3 Å². The normalized spacial score (nSPS) is 17.8. The molecule has 0 aliphatic carbocycles. The molecule has 2 amide bonds. The van der Waals surface area contributed by atoms with Crippen LogP contribution in [0.4, 0.5) is 11.4 Å². The summed E-state index contributed by atoms with van der Waals surface area (Å²) in [5.41, 5.74) is 8.81. The number of hydrogen-bond acceptors (Lipinski definition) is 8. The molecule has 35 heavy (non-hydrogen) atoms. The summed E-state index contributed by atoms with van der Waals surface area (Å²) < 4.78 is 0. The van der Waals surface area contributed by atoms with Crippen LogP contribution in [0, 0.1) is 0 Å². The predicted octanol–water partition coefficient (Wildman–Crippen LogP) is 1.18. The number of carbonyl (C=O) groups is 2. The van der Waals surface area contributed by atoms with Gasteiger partial charge in [0.15, 0.2) is 0 Å². The summed E-state index contributed by atoms with van der Waals surface area (Å²) >= 11 is 4.34. The molecule has 1 unspecified atom stereocenters. The quantitative estimate of drug-likeness (QED) is 0.118. The topological polar surface area (TPSA) is 131 Å². The first-order valence-electron chi connectivity index (χ1n) is 11.4. The van der Waals surface area contributed by atoms with Crippen LogP contribution in [0.2, 0.25) is 0 Å². The number of para-hydroxylation sites is 1. The minimum atomic E-state index is -1.07. The minimum Gasteiger partial charge on any atom is -0.398 e. The number of nitrogen functional groups attached to an aromatic ring is 1. The Kier molecular flexibility index (Phi) is 9.16. The number of nitrogens with one attached hydrogen (secondary N) is 2. The lowest BCUT2D eigenvalue weighted by atomic mass is 10.0. The summed E-state index contributed by atoms with van der Waals surface area (Å²) in [4.78, 5) is 30.6. The van der Waals surface area contributed by atoms with E-state index in [2.05, 4.69) is 29.8 Å². The van der Waals surface area contributed by atoms with E-state index in [0.29, 0.717) is 29.2 Å². The van der Waals surface area contributed by atoms with E-state index >= 15 is 0 Å². The SMILES string of the molecule is C=CCN1CC(=O)N([C@@H](Cc2ccc(NC(O)CO)cc2)C(=O)NCc2cccc(S)c2N)[C@@H]1C. The maximum Gasteiger partial charge on any atom is 0.243 e. The van der Waals surface area contributed by atoms with Gasteiger partial charge >= 0.3 is 0 Å². The number of nitrogens with two attached hydrogens (primary N) is 1. The molecule has 3 atom stereocenters. The van der Waals surface area contributed by atoms with Crippen molar-refractivity contribution in [2.75, 3.05) is 30.7 Å². The molecule has 9 nitrogen and oxygen atoms in total. The second-order valence-electron chi connectivity index (χ2n) is 8.48. The van der Waals surface area contributed by atoms with Crippen molar-refractivity contribution < 1.29 is 19.8 Å². The van der Waals surface area contributed by atoms with E-state index < -0.39 is 18.9 Å². The maximum absolute atomic E-state index is 13.4. The largest absolute Gasteiger partial charge is 0.398 e. The number of carbonyl (C=O) groups excluding carboxylic acids is 2. The van der Waals surface area contributed by atoms with Crippen LogP contribution in [0.25, 0.3) is 0 Å². The number of benzene rings is 2. The first kappa shape index (κ1) is 26.6. The molecule has 1 aliphatic heterocycles. The Hall–Kier alpha value is -3.05. The number of thiol groups is 1. The highest BCUT2D eigenvalue weighted by Gasteiger charge is 2.41. The van der Waals surface area contributed by atoms with Crippen molar-refractivity contribution in [1.82, 2.24) is 15.1 Å². The van der Waals surface area contributed by atoms with Crippen molar-refractivity contribution in [1.29, 1.82) is 0 Å². The van der Waals surface area contributed by atoms with Gasteiger partial charge in [-0.3, -0.25) is 14.5 Å². The average molecular weight is 500 g/mol. The summed E-state index contributed by atoms with van der Waals surface area (Å²) in [6.07, 6.45) is 0.695. The van der Waals surface area contributed by atoms with Crippen molar-refractivity contribution in [2.24, 2.45) is 0 Å².